The third-order valence-electron chi connectivity index (χ3n) is 6.51. The minimum Gasteiger partial charge on any atom is -0.346 e. The molecule has 3 amide bonds. The van der Waals surface area contributed by atoms with Gasteiger partial charge in [0, 0.05) is 19.5 Å². The second kappa shape index (κ2) is 12.7. The lowest BCUT2D eigenvalue weighted by Gasteiger charge is -2.31. The van der Waals surface area contributed by atoms with Crippen molar-refractivity contribution in [3.8, 4) is 0 Å². The largest absolute Gasteiger partial charge is 0.346 e. The van der Waals surface area contributed by atoms with Gasteiger partial charge in [0.2, 0.25) is 5.91 Å². The first-order valence-electron chi connectivity index (χ1n) is 11.8. The van der Waals surface area contributed by atoms with E-state index in [2.05, 4.69) is 11.9 Å². The minimum absolute atomic E-state index is 0.156. The van der Waals surface area contributed by atoms with Gasteiger partial charge < -0.3 is 16.0 Å². The second-order valence-electron chi connectivity index (χ2n) is 8.79. The first kappa shape index (κ1) is 25.2. The van der Waals surface area contributed by atoms with Crippen molar-refractivity contribution < 1.29 is 24.5 Å². The fraction of sp³-hybridized carbons (Fsp3) is 0.739. The number of amides is 3. The maximum Gasteiger partial charge on any atom is 0.333 e. The Bertz CT molecular complexity index is 660. The van der Waals surface area contributed by atoms with Gasteiger partial charge in [0.05, 0.1) is 6.04 Å². The number of nitrogens with two attached hydrogens (primary N) is 2. The molecule has 8 heteroatoms. The van der Waals surface area contributed by atoms with Crippen LogP contribution in [0.3, 0.4) is 0 Å². The number of quaternary nitrogens is 1. The molecule has 2 rings (SSSR count). The molecule has 1 aliphatic carbocycles. The van der Waals surface area contributed by atoms with E-state index in [4.69, 9.17) is 5.73 Å². The van der Waals surface area contributed by atoms with Crippen LogP contribution >= 0.6 is 0 Å². The SMILES string of the molecule is C=CCNC(=O)C(=O)C(CCCC)[NH2+]C(=O)[C@@H]1CCCN1C(=O)[C@@H](N)C1CCCCC1. The molecule has 0 aromatic carbocycles. The van der Waals surface area contributed by atoms with E-state index in [-0.39, 0.29) is 24.3 Å². The van der Waals surface area contributed by atoms with Crippen LogP contribution in [0.5, 0.6) is 0 Å². The number of hydrogen-bond acceptors (Lipinski definition) is 5. The predicted molar refractivity (Wildman–Crippen MR) is 118 cm³/mol. The van der Waals surface area contributed by atoms with Crippen molar-refractivity contribution in [3.63, 3.8) is 0 Å². The van der Waals surface area contributed by atoms with Crippen molar-refractivity contribution in [1.82, 2.24) is 10.2 Å². The van der Waals surface area contributed by atoms with E-state index in [9.17, 15) is 19.2 Å². The summed E-state index contributed by atoms with van der Waals surface area (Å²) in [6.45, 7) is 6.22. The smallest absolute Gasteiger partial charge is 0.333 e. The van der Waals surface area contributed by atoms with Crippen molar-refractivity contribution in [2.24, 2.45) is 11.7 Å². The number of nitrogens with one attached hydrogen (secondary N) is 1. The highest BCUT2D eigenvalue weighted by Gasteiger charge is 2.42. The standard InChI is InChI=1S/C23H38N4O4/c1-3-5-12-17(20(28)22(30)25-14-4-2)26-21(29)18-13-9-15-27(18)23(31)19(24)16-10-7-6-8-11-16/h4,16-19H,2-3,5-15,24H2,1H3,(H,25,30)(H,26,29)/p+1/t17?,18-,19-/m0/s1. The Labute approximate surface area is 185 Å². The van der Waals surface area contributed by atoms with Gasteiger partial charge in [0.1, 0.15) is 6.04 Å². The molecule has 31 heavy (non-hydrogen) atoms. The van der Waals surface area contributed by atoms with Crippen LogP contribution in [0.25, 0.3) is 0 Å². The van der Waals surface area contributed by atoms with Gasteiger partial charge in [-0.3, -0.25) is 19.7 Å². The van der Waals surface area contributed by atoms with Crippen LogP contribution in [-0.2, 0) is 19.2 Å². The lowest BCUT2D eigenvalue weighted by Crippen LogP contribution is -2.97. The molecule has 1 saturated carbocycles. The molecule has 1 unspecified atom stereocenters. The fourth-order valence-corrected chi connectivity index (χ4v) is 4.66. The van der Waals surface area contributed by atoms with Gasteiger partial charge >= 0.3 is 5.91 Å². The van der Waals surface area contributed by atoms with E-state index >= 15 is 0 Å². The third kappa shape index (κ3) is 6.97. The van der Waals surface area contributed by atoms with Crippen LogP contribution in [0.4, 0.5) is 0 Å². The number of hydrogen-bond donors (Lipinski definition) is 3. The number of likely N-dealkylation sites (tertiary alicyclic amines) is 1. The highest BCUT2D eigenvalue weighted by molar-refractivity contribution is 6.37. The van der Waals surface area contributed by atoms with Crippen molar-refractivity contribution in [2.45, 2.75) is 89.3 Å². The molecule has 2 fully saturated rings. The lowest BCUT2D eigenvalue weighted by atomic mass is 9.83. The van der Waals surface area contributed by atoms with Gasteiger partial charge in [-0.1, -0.05) is 38.7 Å². The third-order valence-corrected chi connectivity index (χ3v) is 6.51. The maximum atomic E-state index is 13.1. The zero-order valence-electron chi connectivity index (χ0n) is 18.8. The van der Waals surface area contributed by atoms with Crippen molar-refractivity contribution in [2.75, 3.05) is 13.1 Å². The van der Waals surface area contributed by atoms with E-state index in [1.165, 1.54) is 17.8 Å². The molecule has 1 heterocycles. The normalized spacial score (nSPS) is 21.4. The molecule has 174 valence electrons. The quantitative estimate of drug-likeness (QED) is 0.320. The summed E-state index contributed by atoms with van der Waals surface area (Å²) in [5.74, 6) is -1.56. The Morgan fingerprint density at radius 3 is 2.52 bits per heavy atom. The Morgan fingerprint density at radius 1 is 1.16 bits per heavy atom. The van der Waals surface area contributed by atoms with Gasteiger partial charge in [-0.25, -0.2) is 4.79 Å². The summed E-state index contributed by atoms with van der Waals surface area (Å²) in [5.41, 5.74) is 6.31. The minimum atomic E-state index is -0.776. The summed E-state index contributed by atoms with van der Waals surface area (Å²) in [6.07, 6.45) is 10.1. The van der Waals surface area contributed by atoms with E-state index in [1.54, 1.807) is 4.90 Å². The topological polar surface area (TPSA) is 126 Å². The number of rotatable bonds is 11. The van der Waals surface area contributed by atoms with E-state index in [0.29, 0.717) is 19.4 Å². The van der Waals surface area contributed by atoms with Gasteiger partial charge in [0.15, 0.2) is 6.04 Å². The van der Waals surface area contributed by atoms with Crippen LogP contribution in [0.15, 0.2) is 12.7 Å². The van der Waals surface area contributed by atoms with Crippen LogP contribution in [0, 0.1) is 5.92 Å². The molecule has 0 aromatic rings. The lowest BCUT2D eigenvalue weighted by molar-refractivity contribution is -0.594. The highest BCUT2D eigenvalue weighted by Crippen LogP contribution is 2.28. The second-order valence-corrected chi connectivity index (χ2v) is 8.79. The number of carbonyl (C=O) groups is 4. The molecule has 0 aromatic heterocycles. The molecule has 0 radical (unpaired) electrons. The Hall–Kier alpha value is -2.06. The van der Waals surface area contributed by atoms with Gasteiger partial charge in [0.25, 0.3) is 11.7 Å². The molecule has 5 N–H and O–H groups in total. The van der Waals surface area contributed by atoms with Gasteiger partial charge in [-0.05, 0) is 38.0 Å². The van der Waals surface area contributed by atoms with Gasteiger partial charge in [-0.15, -0.1) is 6.58 Å². The zero-order chi connectivity index (χ0) is 22.8. The highest BCUT2D eigenvalue weighted by atomic mass is 16.2. The van der Waals surface area contributed by atoms with Crippen LogP contribution < -0.4 is 16.4 Å². The summed E-state index contributed by atoms with van der Waals surface area (Å²) in [6, 6.07) is -1.94. The molecular weight excluding hydrogens is 396 g/mol. The van der Waals surface area contributed by atoms with Crippen molar-refractivity contribution in [3.05, 3.63) is 12.7 Å². The van der Waals surface area contributed by atoms with E-state index in [1.807, 2.05) is 6.92 Å². The Kier molecular flexibility index (Phi) is 10.3. The van der Waals surface area contributed by atoms with Crippen molar-refractivity contribution in [1.29, 1.82) is 0 Å². The fourth-order valence-electron chi connectivity index (χ4n) is 4.66. The molecule has 1 aliphatic heterocycles. The molecule has 2 aliphatic rings. The first-order chi connectivity index (χ1) is 14.9. The average molecular weight is 436 g/mol. The number of Topliss-reactive ketones (excluding diaryl/α,β-unsaturated/α-hetero) is 1. The number of carbonyl (C=O) groups excluding carboxylic acids is 4. The number of primary amides is 1. The molecule has 8 nitrogen and oxygen atoms in total. The molecule has 0 bridgehead atoms. The summed E-state index contributed by atoms with van der Waals surface area (Å²) in [7, 11) is 0. The number of ketones is 1. The summed E-state index contributed by atoms with van der Waals surface area (Å²) in [4.78, 5) is 52.5. The van der Waals surface area contributed by atoms with E-state index < -0.39 is 29.8 Å². The number of unbranched alkanes of at least 4 members (excludes halogenated alkanes) is 1. The van der Waals surface area contributed by atoms with Crippen LogP contribution in [0.2, 0.25) is 0 Å². The van der Waals surface area contributed by atoms with Gasteiger partial charge in [-0.2, -0.15) is 0 Å². The van der Waals surface area contributed by atoms with E-state index in [0.717, 1.165) is 44.9 Å². The Morgan fingerprint density at radius 2 is 1.87 bits per heavy atom. The number of nitrogens with zero attached hydrogens (tertiary/aromatic N) is 1. The maximum absolute atomic E-state index is 13.1. The predicted octanol–water partition coefficient (Wildman–Crippen LogP) is 0.405. The van der Waals surface area contributed by atoms with Crippen molar-refractivity contribution >= 4 is 23.5 Å². The summed E-state index contributed by atoms with van der Waals surface area (Å²) < 4.78 is 0. The monoisotopic (exact) mass is 435 g/mol. The molecule has 1 saturated heterocycles. The summed E-state index contributed by atoms with van der Waals surface area (Å²) >= 11 is 0. The Balaban J connectivity index is 2.03. The first-order valence-corrected chi connectivity index (χ1v) is 11.8. The molecular formula is C23H39N4O4+. The molecule has 3 atom stereocenters. The summed E-state index contributed by atoms with van der Waals surface area (Å²) in [5, 5.41) is 3.86. The zero-order valence-corrected chi connectivity index (χ0v) is 18.8. The van der Waals surface area contributed by atoms with Crippen LogP contribution in [-0.4, -0.2) is 59.6 Å². The average Bonchev–Trinajstić information content (AvgIpc) is 3.29. The van der Waals surface area contributed by atoms with Crippen LogP contribution in [0.1, 0.15) is 71.1 Å². The molecule has 0 spiro atoms.